The molecule has 3 rings (SSSR count). The summed E-state index contributed by atoms with van der Waals surface area (Å²) < 4.78 is 34.8. The van der Waals surface area contributed by atoms with Crippen molar-refractivity contribution in [3.63, 3.8) is 0 Å². The summed E-state index contributed by atoms with van der Waals surface area (Å²) in [6.07, 6.45) is 1.14. The van der Waals surface area contributed by atoms with Crippen molar-refractivity contribution in [3.05, 3.63) is 24.4 Å². The van der Waals surface area contributed by atoms with Gasteiger partial charge in [0.15, 0.2) is 14.6 Å². The number of nitrogens with zero attached hydrogens (tertiary/aromatic N) is 3. The van der Waals surface area contributed by atoms with Gasteiger partial charge in [0.2, 0.25) is 0 Å². The molecule has 1 aliphatic rings. The van der Waals surface area contributed by atoms with Gasteiger partial charge >= 0.3 is 12.1 Å². The number of carbonyl (C=O) groups excluding carboxylic acids is 2. The Hall–Kier alpha value is -2.62. The fourth-order valence-corrected chi connectivity index (χ4v) is 4.11. The molecule has 2 unspecified atom stereocenters. The lowest BCUT2D eigenvalue weighted by molar-refractivity contribution is -0.146. The minimum absolute atomic E-state index is 0.0612. The third kappa shape index (κ3) is 3.44. The first-order valence-electron chi connectivity index (χ1n) is 8.83. The van der Waals surface area contributed by atoms with Crippen molar-refractivity contribution in [2.24, 2.45) is 7.05 Å². The quantitative estimate of drug-likeness (QED) is 0.668. The van der Waals surface area contributed by atoms with E-state index in [0.29, 0.717) is 5.69 Å². The van der Waals surface area contributed by atoms with Crippen molar-refractivity contribution < 1.29 is 27.5 Å². The minimum Gasteiger partial charge on any atom is -0.465 e. The van der Waals surface area contributed by atoms with E-state index in [1.165, 1.54) is 11.8 Å². The fourth-order valence-electron chi connectivity index (χ4n) is 3.26. The van der Waals surface area contributed by atoms with Crippen LogP contribution in [0.2, 0.25) is 0 Å². The molecule has 152 valence electrons. The topological polar surface area (TPSA) is 108 Å². The molecular weight excluding hydrogens is 386 g/mol. The lowest BCUT2D eigenvalue weighted by Gasteiger charge is -2.27. The maximum atomic E-state index is 12.4. The van der Waals surface area contributed by atoms with Gasteiger partial charge in [-0.3, -0.25) is 14.4 Å². The molecule has 0 N–H and O–H groups in total. The Balaban J connectivity index is 1.83. The summed E-state index contributed by atoms with van der Waals surface area (Å²) in [5.41, 5.74) is 1.53. The first-order valence-corrected chi connectivity index (χ1v) is 10.7. The molecule has 1 aliphatic heterocycles. The van der Waals surface area contributed by atoms with E-state index in [4.69, 9.17) is 9.47 Å². The van der Waals surface area contributed by atoms with Gasteiger partial charge in [-0.15, -0.1) is 0 Å². The zero-order chi connectivity index (χ0) is 20.7. The van der Waals surface area contributed by atoms with E-state index in [1.807, 2.05) is 19.2 Å². The number of hydrogen-bond donors (Lipinski definition) is 0. The van der Waals surface area contributed by atoms with E-state index in [-0.39, 0.29) is 19.6 Å². The number of cyclic esters (lactones) is 1. The second kappa shape index (κ2) is 7.08. The molecule has 0 spiro atoms. The fraction of sp³-hybridized carbons (Fsp3) is 0.500. The Kier molecular flexibility index (Phi) is 5.09. The first-order chi connectivity index (χ1) is 13.1. The summed E-state index contributed by atoms with van der Waals surface area (Å²) in [7, 11) is -1.97. The third-order valence-corrected chi connectivity index (χ3v) is 7.03. The van der Waals surface area contributed by atoms with Gasteiger partial charge < -0.3 is 9.47 Å². The zero-order valence-corrected chi connectivity index (χ0v) is 17.0. The van der Waals surface area contributed by atoms with Gasteiger partial charge in [0.25, 0.3) is 0 Å². The highest BCUT2D eigenvalue weighted by Gasteiger charge is 2.49. The summed E-state index contributed by atoms with van der Waals surface area (Å²) in [6, 6.07) is 5.43. The van der Waals surface area contributed by atoms with Gasteiger partial charge in [-0.05, 0) is 32.0 Å². The maximum Gasteiger partial charge on any atom is 0.414 e. The summed E-state index contributed by atoms with van der Waals surface area (Å²) in [5, 5.41) is 5.04. The van der Waals surface area contributed by atoms with Gasteiger partial charge in [0.05, 0.1) is 24.9 Å². The molecule has 2 aromatic rings. The van der Waals surface area contributed by atoms with Crippen LogP contribution in [0.4, 0.5) is 10.5 Å². The van der Waals surface area contributed by atoms with Crippen LogP contribution in [0.1, 0.15) is 20.3 Å². The van der Waals surface area contributed by atoms with Crippen molar-refractivity contribution in [1.29, 1.82) is 0 Å². The van der Waals surface area contributed by atoms with Crippen LogP contribution in [-0.4, -0.2) is 60.5 Å². The Labute approximate surface area is 163 Å². The van der Waals surface area contributed by atoms with E-state index in [0.717, 1.165) is 17.2 Å². The number of ether oxygens (including phenoxy) is 2. The lowest BCUT2D eigenvalue weighted by Crippen LogP contribution is -2.47. The molecule has 2 heterocycles. The molecule has 10 heteroatoms. The third-order valence-electron chi connectivity index (χ3n) is 5.06. The summed E-state index contributed by atoms with van der Waals surface area (Å²) in [4.78, 5) is 26.1. The number of aromatic nitrogens is 2. The van der Waals surface area contributed by atoms with Crippen LogP contribution >= 0.6 is 0 Å². The monoisotopic (exact) mass is 409 g/mol. The SMILES string of the molecule is CCOC(=O)C(C)(CC1CN(c2ccc3c(cnn3C)c2)C(=O)O1)S(C)(=O)=O. The number of aryl methyl sites for hydroxylation is 1. The number of benzene rings is 1. The molecule has 9 nitrogen and oxygen atoms in total. The molecule has 1 amide bonds. The van der Waals surface area contributed by atoms with E-state index in [9.17, 15) is 18.0 Å². The number of fused-ring (bicyclic) bond motifs is 1. The zero-order valence-electron chi connectivity index (χ0n) is 16.2. The Morgan fingerprint density at radius 2 is 2.14 bits per heavy atom. The van der Waals surface area contributed by atoms with Crippen LogP contribution in [0.15, 0.2) is 24.4 Å². The second-order valence-corrected chi connectivity index (χ2v) is 9.50. The van der Waals surface area contributed by atoms with Crippen LogP contribution in [0, 0.1) is 0 Å². The molecule has 0 aliphatic carbocycles. The summed E-state index contributed by atoms with van der Waals surface area (Å²) in [6.45, 7) is 3.10. The number of esters is 1. The van der Waals surface area contributed by atoms with Crippen LogP contribution < -0.4 is 4.90 Å². The van der Waals surface area contributed by atoms with Gasteiger partial charge in [-0.2, -0.15) is 5.10 Å². The van der Waals surface area contributed by atoms with E-state index >= 15 is 0 Å². The molecule has 0 radical (unpaired) electrons. The number of sulfone groups is 1. The molecule has 2 atom stereocenters. The van der Waals surface area contributed by atoms with Gasteiger partial charge in [-0.25, -0.2) is 13.2 Å². The normalized spacial score (nSPS) is 19.5. The Morgan fingerprint density at radius 1 is 1.43 bits per heavy atom. The highest BCUT2D eigenvalue weighted by molar-refractivity contribution is 7.92. The van der Waals surface area contributed by atoms with Crippen molar-refractivity contribution in [1.82, 2.24) is 9.78 Å². The lowest BCUT2D eigenvalue weighted by atomic mass is 10.0. The number of anilines is 1. The van der Waals surface area contributed by atoms with Gasteiger partial charge in [0, 0.05) is 30.8 Å². The highest BCUT2D eigenvalue weighted by atomic mass is 32.2. The largest absolute Gasteiger partial charge is 0.465 e. The van der Waals surface area contributed by atoms with Crippen LogP contribution in [0.5, 0.6) is 0 Å². The standard InChI is InChI=1S/C18H23N3O6S/c1-5-26-16(22)18(2,28(4,24)25)9-14-11-21(17(23)27-14)13-6-7-15-12(8-13)10-19-20(15)3/h6-8,10,14H,5,9,11H2,1-4H3. The van der Waals surface area contributed by atoms with Crippen molar-refractivity contribution in [2.75, 3.05) is 24.3 Å². The molecule has 1 saturated heterocycles. The minimum atomic E-state index is -3.79. The molecular formula is C18H23N3O6S. The van der Waals surface area contributed by atoms with Crippen molar-refractivity contribution in [3.8, 4) is 0 Å². The maximum absolute atomic E-state index is 12.4. The molecule has 1 aromatic heterocycles. The Bertz CT molecular complexity index is 1030. The van der Waals surface area contributed by atoms with Crippen LogP contribution in [0.25, 0.3) is 10.9 Å². The van der Waals surface area contributed by atoms with E-state index in [2.05, 4.69) is 5.10 Å². The van der Waals surface area contributed by atoms with Crippen LogP contribution in [-0.2, 0) is 31.2 Å². The number of rotatable bonds is 6. The Morgan fingerprint density at radius 3 is 2.79 bits per heavy atom. The van der Waals surface area contributed by atoms with E-state index in [1.54, 1.807) is 23.9 Å². The average molecular weight is 409 g/mol. The summed E-state index contributed by atoms with van der Waals surface area (Å²) in [5.74, 6) is -0.844. The smallest absolute Gasteiger partial charge is 0.414 e. The molecule has 0 saturated carbocycles. The number of amides is 1. The highest BCUT2D eigenvalue weighted by Crippen LogP contribution is 2.31. The number of hydrogen-bond acceptors (Lipinski definition) is 7. The predicted molar refractivity (Wildman–Crippen MR) is 103 cm³/mol. The van der Waals surface area contributed by atoms with Gasteiger partial charge in [0.1, 0.15) is 6.10 Å². The van der Waals surface area contributed by atoms with Crippen molar-refractivity contribution in [2.45, 2.75) is 31.1 Å². The first kappa shape index (κ1) is 20.1. The molecule has 1 fully saturated rings. The predicted octanol–water partition coefficient (Wildman–Crippen LogP) is 1.66. The van der Waals surface area contributed by atoms with Crippen molar-refractivity contribution >= 4 is 38.5 Å². The summed E-state index contributed by atoms with van der Waals surface area (Å²) >= 11 is 0. The second-order valence-electron chi connectivity index (χ2n) is 7.06. The average Bonchev–Trinajstić information content (AvgIpc) is 3.16. The molecule has 1 aromatic carbocycles. The number of carbonyl (C=O) groups is 2. The molecule has 28 heavy (non-hydrogen) atoms. The van der Waals surface area contributed by atoms with E-state index < -0.39 is 32.8 Å². The van der Waals surface area contributed by atoms with Crippen LogP contribution in [0.3, 0.4) is 0 Å². The van der Waals surface area contributed by atoms with Gasteiger partial charge in [-0.1, -0.05) is 0 Å². The molecule has 0 bridgehead atoms.